The molecule has 0 radical (unpaired) electrons. The molecule has 0 saturated heterocycles. The van der Waals surface area contributed by atoms with E-state index in [2.05, 4.69) is 40.9 Å². The van der Waals surface area contributed by atoms with Crippen LogP contribution in [0.2, 0.25) is 5.15 Å². The molecule has 0 saturated carbocycles. The van der Waals surface area contributed by atoms with Crippen LogP contribution in [0.5, 0.6) is 0 Å². The Morgan fingerprint density at radius 1 is 1.07 bits per heavy atom. The minimum Gasteiger partial charge on any atom is -0.383 e. The molecule has 170 valence electrons. The number of nitrogens with one attached hydrogen (secondary N) is 1. The van der Waals surface area contributed by atoms with Crippen LogP contribution < -0.4 is 5.73 Å². The van der Waals surface area contributed by atoms with Gasteiger partial charge in [-0.25, -0.2) is 9.97 Å². The van der Waals surface area contributed by atoms with Gasteiger partial charge in [0.25, 0.3) is 0 Å². The number of nitrogens with two attached hydrogens (primary N) is 1. The number of hydrogen-bond donors (Lipinski definition) is 2. The molecular formula is C23H40ClN5S. The maximum atomic E-state index is 5.66. The molecule has 0 aromatic carbocycles. The number of hydrogen-bond acceptors (Lipinski definition) is 5. The standard InChI is InChI=1S/C9H14N2.C5H7ClN2.C5H7NS.2C2H6/c1-7(2)6-8-4-3-5-11-9(8)10;1-2-4-3-5(6)8-7-4;1-2-5-6-3-4-7-5;2*1-2/h3-5,7H,6H2,1-2H3,(H2,10,11);3H,2H2,1H3,(H,7,8);3-4H,2H2,1H3;2*1-2H3. The van der Waals surface area contributed by atoms with Crippen molar-refractivity contribution in [2.45, 2.75) is 74.7 Å². The molecule has 0 aliphatic rings. The first-order valence-corrected chi connectivity index (χ1v) is 12.0. The molecule has 0 spiro atoms. The Kier molecular flexibility index (Phi) is 20.5. The molecular weight excluding hydrogens is 414 g/mol. The summed E-state index contributed by atoms with van der Waals surface area (Å²) in [5.74, 6) is 1.31. The highest BCUT2D eigenvalue weighted by Gasteiger charge is 2.00. The molecule has 0 amide bonds. The van der Waals surface area contributed by atoms with Crippen LogP contribution in [0.1, 0.15) is 71.7 Å². The number of halogens is 1. The number of H-pyrrole nitrogens is 1. The van der Waals surface area contributed by atoms with E-state index in [0.29, 0.717) is 16.9 Å². The first kappa shape index (κ1) is 30.3. The van der Waals surface area contributed by atoms with Crippen LogP contribution >= 0.6 is 22.9 Å². The van der Waals surface area contributed by atoms with Crippen molar-refractivity contribution in [2.24, 2.45) is 5.92 Å². The molecule has 3 aromatic rings. The van der Waals surface area contributed by atoms with Gasteiger partial charge in [-0.2, -0.15) is 5.10 Å². The molecule has 3 rings (SSSR count). The van der Waals surface area contributed by atoms with Crippen molar-refractivity contribution >= 4 is 28.8 Å². The van der Waals surface area contributed by atoms with Crippen molar-refractivity contribution < 1.29 is 0 Å². The monoisotopic (exact) mass is 453 g/mol. The largest absolute Gasteiger partial charge is 0.383 e. The van der Waals surface area contributed by atoms with E-state index < -0.39 is 0 Å². The topological polar surface area (TPSA) is 80.5 Å². The van der Waals surface area contributed by atoms with Gasteiger partial charge in [0.1, 0.15) is 5.82 Å². The van der Waals surface area contributed by atoms with E-state index in [4.69, 9.17) is 17.3 Å². The average molecular weight is 454 g/mol. The van der Waals surface area contributed by atoms with Gasteiger partial charge in [-0.3, -0.25) is 5.10 Å². The van der Waals surface area contributed by atoms with E-state index in [1.165, 1.54) is 5.01 Å². The van der Waals surface area contributed by atoms with Gasteiger partial charge in [-0.05, 0) is 42.9 Å². The van der Waals surface area contributed by atoms with Crippen LogP contribution in [0, 0.1) is 5.92 Å². The summed E-state index contributed by atoms with van der Waals surface area (Å²) < 4.78 is 0. The van der Waals surface area contributed by atoms with E-state index in [-0.39, 0.29) is 0 Å². The zero-order chi connectivity index (χ0) is 23.4. The predicted octanol–water partition coefficient (Wildman–Crippen LogP) is 7.25. The van der Waals surface area contributed by atoms with Crippen LogP contribution in [-0.4, -0.2) is 20.2 Å². The fourth-order valence-electron chi connectivity index (χ4n) is 2.01. The number of aromatic amines is 1. The van der Waals surface area contributed by atoms with Crippen LogP contribution in [-0.2, 0) is 19.3 Å². The molecule has 0 atom stereocenters. The maximum absolute atomic E-state index is 5.66. The molecule has 7 heteroatoms. The van der Waals surface area contributed by atoms with Gasteiger partial charge in [-0.15, -0.1) is 11.3 Å². The number of nitrogen functional groups attached to an aromatic ring is 1. The van der Waals surface area contributed by atoms with Crippen molar-refractivity contribution in [3.8, 4) is 0 Å². The van der Waals surface area contributed by atoms with Gasteiger partial charge in [0.2, 0.25) is 0 Å². The minimum atomic E-state index is 0.543. The van der Waals surface area contributed by atoms with E-state index in [9.17, 15) is 0 Å². The van der Waals surface area contributed by atoms with E-state index in [1.807, 2.05) is 64.4 Å². The second-order valence-electron chi connectivity index (χ2n) is 5.99. The van der Waals surface area contributed by atoms with E-state index in [1.54, 1.807) is 17.5 Å². The summed E-state index contributed by atoms with van der Waals surface area (Å²) in [5, 5.41) is 10.3. The molecule has 0 unspecified atom stereocenters. The van der Waals surface area contributed by atoms with Crippen molar-refractivity contribution in [1.82, 2.24) is 20.2 Å². The summed E-state index contributed by atoms with van der Waals surface area (Å²) in [7, 11) is 0. The smallest absolute Gasteiger partial charge is 0.151 e. The zero-order valence-electron chi connectivity index (χ0n) is 19.9. The minimum absolute atomic E-state index is 0.543. The van der Waals surface area contributed by atoms with Crippen molar-refractivity contribution in [1.29, 1.82) is 0 Å². The lowest BCUT2D eigenvalue weighted by atomic mass is 10.0. The number of rotatable bonds is 4. The maximum Gasteiger partial charge on any atom is 0.151 e. The number of pyridine rings is 1. The van der Waals surface area contributed by atoms with E-state index in [0.717, 1.165) is 30.5 Å². The molecule has 3 N–H and O–H groups in total. The summed E-state index contributed by atoms with van der Waals surface area (Å²) in [6.07, 6.45) is 6.60. The number of thiazole rings is 1. The highest BCUT2D eigenvalue weighted by molar-refractivity contribution is 7.09. The second-order valence-corrected chi connectivity index (χ2v) is 7.36. The van der Waals surface area contributed by atoms with Gasteiger partial charge in [0.15, 0.2) is 5.15 Å². The molecule has 0 fully saturated rings. The quantitative estimate of drug-likeness (QED) is 0.436. The van der Waals surface area contributed by atoms with Gasteiger partial charge in [-0.1, -0.05) is 73.1 Å². The fraction of sp³-hybridized carbons (Fsp3) is 0.522. The van der Waals surface area contributed by atoms with Crippen molar-refractivity contribution in [2.75, 3.05) is 5.73 Å². The molecule has 3 aromatic heterocycles. The lowest BCUT2D eigenvalue weighted by Gasteiger charge is -2.05. The number of aromatic nitrogens is 4. The Balaban J connectivity index is 0. The number of anilines is 1. The molecule has 3 heterocycles. The van der Waals surface area contributed by atoms with Crippen LogP contribution in [0.4, 0.5) is 5.82 Å². The second kappa shape index (κ2) is 20.4. The Labute approximate surface area is 192 Å². The third-order valence-corrected chi connectivity index (χ3v) is 4.44. The highest BCUT2D eigenvalue weighted by Crippen LogP contribution is 2.12. The molecule has 0 aliphatic heterocycles. The van der Waals surface area contributed by atoms with Gasteiger partial charge in [0, 0.05) is 23.5 Å². The van der Waals surface area contributed by atoms with Crippen LogP contribution in [0.25, 0.3) is 0 Å². The first-order chi connectivity index (χ1) is 14.5. The molecule has 5 nitrogen and oxygen atoms in total. The fourth-order valence-corrected chi connectivity index (χ4v) is 2.75. The molecule has 0 aliphatic carbocycles. The Morgan fingerprint density at radius 3 is 2.07 bits per heavy atom. The Bertz CT molecular complexity index is 727. The summed E-state index contributed by atoms with van der Waals surface area (Å²) in [6.45, 7) is 16.5. The summed E-state index contributed by atoms with van der Waals surface area (Å²) >= 11 is 7.21. The Hall–Kier alpha value is -1.92. The number of aryl methyl sites for hydroxylation is 2. The zero-order valence-corrected chi connectivity index (χ0v) is 21.4. The van der Waals surface area contributed by atoms with Gasteiger partial charge < -0.3 is 5.73 Å². The Morgan fingerprint density at radius 2 is 1.73 bits per heavy atom. The third kappa shape index (κ3) is 15.0. The highest BCUT2D eigenvalue weighted by atomic mass is 35.5. The average Bonchev–Trinajstić information content (AvgIpc) is 3.45. The normalized spacial score (nSPS) is 9.00. The number of nitrogens with zero attached hydrogens (tertiary/aromatic N) is 3. The third-order valence-electron chi connectivity index (χ3n) is 3.32. The summed E-state index contributed by atoms with van der Waals surface area (Å²) in [6, 6.07) is 5.78. The molecule has 30 heavy (non-hydrogen) atoms. The predicted molar refractivity (Wildman–Crippen MR) is 134 cm³/mol. The molecule has 0 bridgehead atoms. The summed E-state index contributed by atoms with van der Waals surface area (Å²) in [5.41, 5.74) is 7.89. The van der Waals surface area contributed by atoms with Crippen LogP contribution in [0.3, 0.4) is 0 Å². The SMILES string of the molecule is CC.CC.CC(C)Cc1cccnc1N.CCc1cc(Cl)n[nH]1.CCc1nccs1. The van der Waals surface area contributed by atoms with Crippen molar-refractivity contribution in [3.63, 3.8) is 0 Å². The van der Waals surface area contributed by atoms with E-state index >= 15 is 0 Å². The lowest BCUT2D eigenvalue weighted by molar-refractivity contribution is 0.647. The van der Waals surface area contributed by atoms with Crippen molar-refractivity contribution in [3.05, 3.63) is 57.4 Å². The summed E-state index contributed by atoms with van der Waals surface area (Å²) in [4.78, 5) is 8.06. The van der Waals surface area contributed by atoms with Crippen LogP contribution in [0.15, 0.2) is 36.0 Å². The first-order valence-electron chi connectivity index (χ1n) is 10.7. The van der Waals surface area contributed by atoms with Gasteiger partial charge >= 0.3 is 0 Å². The van der Waals surface area contributed by atoms with Gasteiger partial charge in [0.05, 0.1) is 5.01 Å². The lowest BCUT2D eigenvalue weighted by Crippen LogP contribution is -2.00.